The Labute approximate surface area is 227 Å². The molecule has 0 spiro atoms. The largest absolute Gasteiger partial charge is 0.496 e. The van der Waals surface area contributed by atoms with Crippen LogP contribution in [0.2, 0.25) is 0 Å². The molecule has 1 unspecified atom stereocenters. The highest BCUT2D eigenvalue weighted by molar-refractivity contribution is 7.98. The number of amides is 2. The van der Waals surface area contributed by atoms with Gasteiger partial charge in [-0.3, -0.25) is 29.8 Å². The Bertz CT molecular complexity index is 1370. The van der Waals surface area contributed by atoms with E-state index in [0.29, 0.717) is 17.1 Å². The molecule has 0 fully saturated rings. The normalized spacial score (nSPS) is 11.5. The molecule has 0 saturated carbocycles. The minimum atomic E-state index is -1.10. The van der Waals surface area contributed by atoms with Crippen molar-refractivity contribution in [2.75, 3.05) is 12.9 Å². The van der Waals surface area contributed by atoms with E-state index in [2.05, 4.69) is 15.8 Å². The second-order valence-electron chi connectivity index (χ2n) is 8.24. The molecule has 0 aliphatic heterocycles. The Balaban J connectivity index is 1.77. The highest BCUT2D eigenvalue weighted by atomic mass is 32.2. The van der Waals surface area contributed by atoms with Gasteiger partial charge in [-0.25, -0.2) is 5.43 Å². The number of rotatable bonds is 12. The first-order valence-electron chi connectivity index (χ1n) is 11.5. The number of benzene rings is 3. The van der Waals surface area contributed by atoms with E-state index < -0.39 is 39.1 Å². The molecule has 0 aromatic heterocycles. The summed E-state index contributed by atoms with van der Waals surface area (Å²) in [6.45, 7) is 1.89. The Morgan fingerprint density at radius 2 is 1.69 bits per heavy atom. The maximum Gasteiger partial charge on any atom is 0.277 e. The summed E-state index contributed by atoms with van der Waals surface area (Å²) in [4.78, 5) is 46.7. The number of carbonyl (C=O) groups is 2. The number of hydrazone groups is 1. The van der Waals surface area contributed by atoms with Crippen LogP contribution in [0.25, 0.3) is 0 Å². The number of thioether (sulfide) groups is 1. The number of methoxy groups -OCH3 is 1. The number of non-ortho nitro benzene ring substituents is 2. The Morgan fingerprint density at radius 1 is 1.03 bits per heavy atom. The number of hydrogen-bond acceptors (Lipinski definition) is 9. The van der Waals surface area contributed by atoms with Gasteiger partial charge in [0.05, 0.1) is 34.8 Å². The van der Waals surface area contributed by atoms with Crippen LogP contribution in [0.15, 0.2) is 71.8 Å². The van der Waals surface area contributed by atoms with Crippen molar-refractivity contribution in [3.8, 4) is 5.75 Å². The second-order valence-corrected chi connectivity index (χ2v) is 9.27. The molecule has 13 heteroatoms. The quantitative estimate of drug-likeness (QED) is 0.194. The Kier molecular flexibility index (Phi) is 10.1. The number of aryl methyl sites for hydroxylation is 1. The van der Waals surface area contributed by atoms with Crippen molar-refractivity contribution in [1.29, 1.82) is 0 Å². The van der Waals surface area contributed by atoms with Gasteiger partial charge in [0.15, 0.2) is 0 Å². The molecule has 3 aromatic rings. The van der Waals surface area contributed by atoms with Crippen LogP contribution in [-0.4, -0.2) is 46.8 Å². The number of nitro groups is 2. The summed E-state index contributed by atoms with van der Waals surface area (Å²) in [5.74, 6) is -0.181. The smallest absolute Gasteiger partial charge is 0.277 e. The fraction of sp³-hybridized carbons (Fsp3) is 0.192. The van der Waals surface area contributed by atoms with Gasteiger partial charge in [-0.05, 0) is 29.7 Å². The third-order valence-electron chi connectivity index (χ3n) is 5.42. The van der Waals surface area contributed by atoms with E-state index in [1.54, 1.807) is 19.2 Å². The zero-order valence-electron chi connectivity index (χ0n) is 21.0. The van der Waals surface area contributed by atoms with Gasteiger partial charge in [-0.1, -0.05) is 42.5 Å². The molecule has 3 aromatic carbocycles. The lowest BCUT2D eigenvalue weighted by atomic mass is 10.1. The van der Waals surface area contributed by atoms with Crippen LogP contribution in [0, 0.1) is 27.2 Å². The van der Waals surface area contributed by atoms with E-state index in [1.807, 2.05) is 43.3 Å². The zero-order valence-corrected chi connectivity index (χ0v) is 21.8. The van der Waals surface area contributed by atoms with Gasteiger partial charge in [0.2, 0.25) is 0 Å². The molecule has 2 amide bonds. The third-order valence-corrected chi connectivity index (χ3v) is 6.53. The first-order chi connectivity index (χ1) is 18.7. The Hall–Kier alpha value is -4.78. The number of carbonyl (C=O) groups excluding carboxylic acids is 2. The number of nitrogens with zero attached hydrogens (tertiary/aromatic N) is 3. The SMILES string of the molecule is COc1cc(C=NNC(=O)C(CSCc2ccccc2)NC(=O)c2cc([N+](=O)[O-])cc([N+](=O)[O-])c2)ccc1C. The van der Waals surface area contributed by atoms with Crippen LogP contribution in [0.3, 0.4) is 0 Å². The van der Waals surface area contributed by atoms with E-state index in [1.165, 1.54) is 18.0 Å². The van der Waals surface area contributed by atoms with Crippen LogP contribution in [0.4, 0.5) is 11.4 Å². The average molecular weight is 552 g/mol. The molecular formula is C26H25N5O7S. The van der Waals surface area contributed by atoms with Gasteiger partial charge in [0, 0.05) is 23.6 Å². The predicted octanol–water partition coefficient (Wildman–Crippen LogP) is 4.00. The fourth-order valence-corrected chi connectivity index (χ4v) is 4.41. The van der Waals surface area contributed by atoms with Gasteiger partial charge < -0.3 is 10.1 Å². The molecule has 2 N–H and O–H groups in total. The molecule has 0 aliphatic carbocycles. The van der Waals surface area contributed by atoms with Crippen molar-refractivity contribution in [1.82, 2.24) is 10.7 Å². The first-order valence-corrected chi connectivity index (χ1v) is 12.7. The zero-order chi connectivity index (χ0) is 28.4. The van der Waals surface area contributed by atoms with Crippen molar-refractivity contribution >= 4 is 41.2 Å². The van der Waals surface area contributed by atoms with Gasteiger partial charge in [0.25, 0.3) is 23.2 Å². The van der Waals surface area contributed by atoms with Gasteiger partial charge >= 0.3 is 0 Å². The van der Waals surface area contributed by atoms with Crippen molar-refractivity contribution in [3.63, 3.8) is 0 Å². The van der Waals surface area contributed by atoms with Crippen LogP contribution in [-0.2, 0) is 10.5 Å². The molecule has 202 valence electrons. The van der Waals surface area contributed by atoms with E-state index in [0.717, 1.165) is 29.3 Å². The highest BCUT2D eigenvalue weighted by Gasteiger charge is 2.25. The van der Waals surface area contributed by atoms with E-state index in [4.69, 9.17) is 4.74 Å². The van der Waals surface area contributed by atoms with Gasteiger partial charge in [-0.2, -0.15) is 16.9 Å². The Morgan fingerprint density at radius 3 is 2.31 bits per heavy atom. The van der Waals surface area contributed by atoms with Crippen molar-refractivity contribution in [2.45, 2.75) is 18.7 Å². The monoisotopic (exact) mass is 551 g/mol. The summed E-state index contributed by atoms with van der Waals surface area (Å²) in [6, 6.07) is 16.3. The lowest BCUT2D eigenvalue weighted by molar-refractivity contribution is -0.394. The number of nitro benzene ring substituents is 2. The first kappa shape index (κ1) is 28.8. The van der Waals surface area contributed by atoms with Crippen molar-refractivity contribution in [3.05, 3.63) is 109 Å². The minimum Gasteiger partial charge on any atom is -0.496 e. The molecule has 0 aliphatic rings. The third kappa shape index (κ3) is 8.36. The number of hydrogen-bond donors (Lipinski definition) is 2. The number of nitrogens with one attached hydrogen (secondary N) is 2. The summed E-state index contributed by atoms with van der Waals surface area (Å²) >= 11 is 1.37. The summed E-state index contributed by atoms with van der Waals surface area (Å²) < 4.78 is 5.28. The van der Waals surface area contributed by atoms with E-state index in [-0.39, 0.29) is 11.3 Å². The summed E-state index contributed by atoms with van der Waals surface area (Å²) in [6.07, 6.45) is 1.42. The fourth-order valence-electron chi connectivity index (χ4n) is 3.40. The van der Waals surface area contributed by atoms with Crippen molar-refractivity contribution in [2.24, 2.45) is 5.10 Å². The van der Waals surface area contributed by atoms with Gasteiger partial charge in [0.1, 0.15) is 11.8 Å². The molecule has 0 saturated heterocycles. The van der Waals surface area contributed by atoms with Crippen LogP contribution >= 0.6 is 11.8 Å². The van der Waals surface area contributed by atoms with E-state index >= 15 is 0 Å². The van der Waals surface area contributed by atoms with Crippen LogP contribution < -0.4 is 15.5 Å². The standard InChI is InChI=1S/C26H25N5O7S/c1-17-8-9-19(10-24(17)38-2)14-27-29-26(33)23(16-39-15-18-6-4-3-5-7-18)28-25(32)20-11-21(30(34)35)13-22(12-20)31(36)37/h3-14,23H,15-16H2,1-2H3,(H,28,32)(H,29,33). The molecule has 3 rings (SSSR count). The summed E-state index contributed by atoms with van der Waals surface area (Å²) in [5.41, 5.74) is 3.44. The maximum atomic E-state index is 13.0. The maximum absolute atomic E-state index is 13.0. The minimum absolute atomic E-state index is 0.136. The summed E-state index contributed by atoms with van der Waals surface area (Å²) in [5, 5.41) is 28.9. The predicted molar refractivity (Wildman–Crippen MR) is 147 cm³/mol. The molecule has 0 bridgehead atoms. The molecular weight excluding hydrogens is 526 g/mol. The average Bonchev–Trinajstić information content (AvgIpc) is 2.93. The molecule has 0 radical (unpaired) electrons. The van der Waals surface area contributed by atoms with Crippen molar-refractivity contribution < 1.29 is 24.2 Å². The molecule has 12 nitrogen and oxygen atoms in total. The van der Waals surface area contributed by atoms with Gasteiger partial charge in [-0.15, -0.1) is 0 Å². The topological polar surface area (TPSA) is 166 Å². The molecule has 1 atom stereocenters. The lowest BCUT2D eigenvalue weighted by Crippen LogP contribution is -2.47. The van der Waals surface area contributed by atoms with E-state index in [9.17, 15) is 29.8 Å². The highest BCUT2D eigenvalue weighted by Crippen LogP contribution is 2.23. The second kappa shape index (κ2) is 13.7. The lowest BCUT2D eigenvalue weighted by Gasteiger charge is -2.17. The summed E-state index contributed by atoms with van der Waals surface area (Å²) in [7, 11) is 1.54. The molecule has 39 heavy (non-hydrogen) atoms. The van der Waals surface area contributed by atoms with Crippen LogP contribution in [0.1, 0.15) is 27.0 Å². The molecule has 0 heterocycles. The number of ether oxygens (including phenoxy) is 1. The van der Waals surface area contributed by atoms with Crippen LogP contribution in [0.5, 0.6) is 5.75 Å².